The quantitative estimate of drug-likeness (QED) is 0.632. The van der Waals surface area contributed by atoms with Gasteiger partial charge in [0.05, 0.1) is 18.9 Å². The normalized spacial score (nSPS) is 13.0. The number of nitrogens with zero attached hydrogens (tertiary/aromatic N) is 3. The van der Waals surface area contributed by atoms with Crippen molar-refractivity contribution >= 4 is 5.96 Å². The van der Waals surface area contributed by atoms with Crippen molar-refractivity contribution in [2.45, 2.75) is 26.4 Å². The van der Waals surface area contributed by atoms with E-state index in [2.05, 4.69) is 58.7 Å². The van der Waals surface area contributed by atoms with Gasteiger partial charge in [0.2, 0.25) is 0 Å². The van der Waals surface area contributed by atoms with Gasteiger partial charge in [-0.05, 0) is 19.4 Å². The third-order valence-corrected chi connectivity index (χ3v) is 3.18. The first kappa shape index (κ1) is 15.1. The van der Waals surface area contributed by atoms with Crippen LogP contribution in [0.1, 0.15) is 25.5 Å². The second-order valence-electron chi connectivity index (χ2n) is 4.84. The minimum atomic E-state index is 0.220. The summed E-state index contributed by atoms with van der Waals surface area (Å²) in [5, 5.41) is 6.71. The Balaban J connectivity index is 1.91. The second kappa shape index (κ2) is 8.09. The first-order chi connectivity index (χ1) is 10.3. The fourth-order valence-electron chi connectivity index (χ4n) is 2.05. The molecule has 0 saturated heterocycles. The molecular formula is C16H23N5. The summed E-state index contributed by atoms with van der Waals surface area (Å²) in [5.41, 5.74) is 1.25. The van der Waals surface area contributed by atoms with Crippen LogP contribution in [0.4, 0.5) is 0 Å². The molecule has 0 aliphatic carbocycles. The van der Waals surface area contributed by atoms with Crippen molar-refractivity contribution in [1.29, 1.82) is 0 Å². The molecule has 0 aliphatic rings. The van der Waals surface area contributed by atoms with E-state index in [1.807, 2.05) is 23.2 Å². The largest absolute Gasteiger partial charge is 0.357 e. The van der Waals surface area contributed by atoms with Crippen LogP contribution in [0.15, 0.2) is 54.0 Å². The minimum Gasteiger partial charge on any atom is -0.357 e. The number of hydrogen-bond acceptors (Lipinski definition) is 2. The Morgan fingerprint density at radius 1 is 1.33 bits per heavy atom. The molecule has 5 heteroatoms. The summed E-state index contributed by atoms with van der Waals surface area (Å²) in [6, 6.07) is 10.6. The highest BCUT2D eigenvalue weighted by molar-refractivity contribution is 5.80. The lowest BCUT2D eigenvalue weighted by molar-refractivity contribution is 0.668. The summed E-state index contributed by atoms with van der Waals surface area (Å²) in [4.78, 5) is 8.63. The lowest BCUT2D eigenvalue weighted by atomic mass is 10.1. The van der Waals surface area contributed by atoms with Gasteiger partial charge >= 0.3 is 0 Å². The van der Waals surface area contributed by atoms with Gasteiger partial charge in [0.1, 0.15) is 0 Å². The standard InChI is InChI=1S/C16H23N5/c1-3-18-16(19-10-12-21-11-9-17-13-21)20-14(2)15-7-5-4-6-8-15/h4-9,11,13-14H,3,10,12H2,1-2H3,(H2,18,19,20). The summed E-state index contributed by atoms with van der Waals surface area (Å²) in [5.74, 6) is 0.842. The van der Waals surface area contributed by atoms with Crippen molar-refractivity contribution in [2.75, 3.05) is 13.1 Å². The Morgan fingerprint density at radius 2 is 2.14 bits per heavy atom. The molecule has 2 N–H and O–H groups in total. The van der Waals surface area contributed by atoms with Gasteiger partial charge in [-0.2, -0.15) is 0 Å². The SMILES string of the molecule is CCNC(=NCCn1ccnc1)NC(C)c1ccccc1. The van der Waals surface area contributed by atoms with Gasteiger partial charge in [-0.15, -0.1) is 0 Å². The zero-order valence-electron chi connectivity index (χ0n) is 12.7. The zero-order valence-corrected chi connectivity index (χ0v) is 12.7. The molecule has 112 valence electrons. The number of benzene rings is 1. The fraction of sp³-hybridized carbons (Fsp3) is 0.375. The average Bonchev–Trinajstić information content (AvgIpc) is 3.01. The van der Waals surface area contributed by atoms with Gasteiger partial charge in [-0.1, -0.05) is 30.3 Å². The van der Waals surface area contributed by atoms with Crippen LogP contribution in [-0.2, 0) is 6.54 Å². The summed E-state index contributed by atoms with van der Waals surface area (Å²) >= 11 is 0. The van der Waals surface area contributed by atoms with Crippen molar-refractivity contribution in [1.82, 2.24) is 20.2 Å². The number of rotatable bonds is 6. The zero-order chi connectivity index (χ0) is 14.9. The predicted molar refractivity (Wildman–Crippen MR) is 86.2 cm³/mol. The van der Waals surface area contributed by atoms with Crippen LogP contribution in [0.25, 0.3) is 0 Å². The molecule has 0 amide bonds. The lowest BCUT2D eigenvalue weighted by Gasteiger charge is -2.18. The topological polar surface area (TPSA) is 54.2 Å². The highest BCUT2D eigenvalue weighted by atomic mass is 15.2. The molecule has 5 nitrogen and oxygen atoms in total. The Hall–Kier alpha value is -2.30. The van der Waals surface area contributed by atoms with E-state index in [4.69, 9.17) is 0 Å². The molecule has 1 unspecified atom stereocenters. The van der Waals surface area contributed by atoms with Gasteiger partial charge < -0.3 is 15.2 Å². The number of guanidine groups is 1. The fourth-order valence-corrected chi connectivity index (χ4v) is 2.05. The van der Waals surface area contributed by atoms with Gasteiger partial charge in [0.15, 0.2) is 5.96 Å². The second-order valence-corrected chi connectivity index (χ2v) is 4.84. The van der Waals surface area contributed by atoms with E-state index in [-0.39, 0.29) is 6.04 Å². The number of aliphatic imine (C=N–C) groups is 1. The van der Waals surface area contributed by atoms with E-state index in [0.29, 0.717) is 6.54 Å². The van der Waals surface area contributed by atoms with E-state index in [1.165, 1.54) is 5.56 Å². The Labute approximate surface area is 126 Å². The molecule has 0 aliphatic heterocycles. The van der Waals surface area contributed by atoms with Gasteiger partial charge in [0, 0.05) is 25.5 Å². The monoisotopic (exact) mass is 285 g/mol. The molecule has 0 saturated carbocycles. The Morgan fingerprint density at radius 3 is 2.81 bits per heavy atom. The summed E-state index contributed by atoms with van der Waals surface area (Å²) < 4.78 is 2.02. The van der Waals surface area contributed by atoms with Crippen molar-refractivity contribution in [3.8, 4) is 0 Å². The highest BCUT2D eigenvalue weighted by Crippen LogP contribution is 2.10. The third-order valence-electron chi connectivity index (χ3n) is 3.18. The van der Waals surface area contributed by atoms with E-state index >= 15 is 0 Å². The van der Waals surface area contributed by atoms with Crippen LogP contribution in [0.5, 0.6) is 0 Å². The lowest BCUT2D eigenvalue weighted by Crippen LogP contribution is -2.39. The maximum Gasteiger partial charge on any atom is 0.191 e. The van der Waals surface area contributed by atoms with Crippen LogP contribution in [0.2, 0.25) is 0 Å². The Bertz CT molecular complexity index is 533. The van der Waals surface area contributed by atoms with E-state index in [9.17, 15) is 0 Å². The minimum absolute atomic E-state index is 0.220. The first-order valence-corrected chi connectivity index (χ1v) is 7.35. The molecule has 0 radical (unpaired) electrons. The average molecular weight is 285 g/mol. The maximum absolute atomic E-state index is 4.60. The molecule has 2 rings (SSSR count). The molecule has 1 aromatic heterocycles. The summed E-state index contributed by atoms with van der Waals surface area (Å²) in [7, 11) is 0. The maximum atomic E-state index is 4.60. The van der Waals surface area contributed by atoms with E-state index in [0.717, 1.165) is 19.0 Å². The number of hydrogen-bond donors (Lipinski definition) is 2. The molecule has 0 bridgehead atoms. The van der Waals surface area contributed by atoms with Crippen LogP contribution in [0.3, 0.4) is 0 Å². The predicted octanol–water partition coefficient (Wildman–Crippen LogP) is 2.20. The molecule has 2 aromatic rings. The van der Waals surface area contributed by atoms with Crippen LogP contribution < -0.4 is 10.6 Å². The van der Waals surface area contributed by atoms with E-state index in [1.54, 1.807) is 6.20 Å². The van der Waals surface area contributed by atoms with Crippen molar-refractivity contribution in [3.63, 3.8) is 0 Å². The highest BCUT2D eigenvalue weighted by Gasteiger charge is 2.06. The third kappa shape index (κ3) is 4.95. The molecule has 0 fully saturated rings. The summed E-state index contributed by atoms with van der Waals surface area (Å²) in [6.45, 7) is 6.60. The number of nitrogens with one attached hydrogen (secondary N) is 2. The molecule has 1 heterocycles. The van der Waals surface area contributed by atoms with Crippen molar-refractivity contribution in [3.05, 3.63) is 54.6 Å². The van der Waals surface area contributed by atoms with Crippen LogP contribution in [-0.4, -0.2) is 28.6 Å². The number of imidazole rings is 1. The molecular weight excluding hydrogens is 262 g/mol. The molecule has 1 atom stereocenters. The summed E-state index contributed by atoms with van der Waals surface area (Å²) in [6.07, 6.45) is 5.54. The number of aromatic nitrogens is 2. The van der Waals surface area contributed by atoms with Crippen LogP contribution in [0, 0.1) is 0 Å². The van der Waals surface area contributed by atoms with Gasteiger partial charge in [-0.25, -0.2) is 4.98 Å². The smallest absolute Gasteiger partial charge is 0.191 e. The Kier molecular flexibility index (Phi) is 5.82. The van der Waals surface area contributed by atoms with Crippen molar-refractivity contribution < 1.29 is 0 Å². The molecule has 0 spiro atoms. The van der Waals surface area contributed by atoms with Crippen molar-refractivity contribution in [2.24, 2.45) is 4.99 Å². The van der Waals surface area contributed by atoms with Gasteiger partial charge in [0.25, 0.3) is 0 Å². The molecule has 21 heavy (non-hydrogen) atoms. The van der Waals surface area contributed by atoms with E-state index < -0.39 is 0 Å². The molecule has 1 aromatic carbocycles. The van der Waals surface area contributed by atoms with Gasteiger partial charge in [-0.3, -0.25) is 4.99 Å². The van der Waals surface area contributed by atoms with Crippen LogP contribution >= 0.6 is 0 Å². The first-order valence-electron chi connectivity index (χ1n) is 7.35.